The Bertz CT molecular complexity index is 1010. The molecule has 0 fully saturated rings. The maximum Gasteiger partial charge on any atom is 0.276 e. The first-order chi connectivity index (χ1) is 14.1. The lowest BCUT2D eigenvalue weighted by Gasteiger charge is -2.09. The summed E-state index contributed by atoms with van der Waals surface area (Å²) >= 11 is 0. The van der Waals surface area contributed by atoms with E-state index in [1.165, 1.54) is 16.8 Å². The molecule has 0 atom stereocenters. The van der Waals surface area contributed by atoms with Crippen LogP contribution in [0, 0.1) is 0 Å². The van der Waals surface area contributed by atoms with Crippen LogP contribution in [0.1, 0.15) is 30.8 Å². The van der Waals surface area contributed by atoms with Gasteiger partial charge in [-0.2, -0.15) is 5.10 Å². The highest BCUT2D eigenvalue weighted by atomic mass is 16.5. The lowest BCUT2D eigenvalue weighted by Crippen LogP contribution is -2.26. The van der Waals surface area contributed by atoms with Crippen LogP contribution in [-0.4, -0.2) is 22.3 Å². The van der Waals surface area contributed by atoms with Gasteiger partial charge in [0.25, 0.3) is 11.5 Å². The third-order valence-corrected chi connectivity index (χ3v) is 4.02. The first kappa shape index (κ1) is 20.1. The summed E-state index contributed by atoms with van der Waals surface area (Å²) in [6, 6.07) is 17.1. The molecule has 150 valence electrons. The number of carbonyl (C=O) groups excluding carboxylic acids is 1. The van der Waals surface area contributed by atoms with Crippen LogP contribution in [0.15, 0.2) is 65.5 Å². The number of benzene rings is 2. The molecular formula is C22H23N3O4. The average Bonchev–Trinajstić information content (AvgIpc) is 2.73. The Morgan fingerprint density at radius 2 is 1.55 bits per heavy atom. The van der Waals surface area contributed by atoms with Crippen molar-refractivity contribution in [2.45, 2.75) is 26.8 Å². The maximum absolute atomic E-state index is 12.4. The summed E-state index contributed by atoms with van der Waals surface area (Å²) in [6.45, 7) is 4.96. The van der Waals surface area contributed by atoms with Crippen molar-refractivity contribution in [2.24, 2.45) is 0 Å². The van der Waals surface area contributed by atoms with E-state index in [9.17, 15) is 9.59 Å². The number of hydrogen-bond acceptors (Lipinski definition) is 5. The van der Waals surface area contributed by atoms with E-state index in [0.717, 1.165) is 12.2 Å². The second kappa shape index (κ2) is 9.54. The van der Waals surface area contributed by atoms with Gasteiger partial charge in [-0.3, -0.25) is 9.59 Å². The van der Waals surface area contributed by atoms with E-state index >= 15 is 0 Å². The SMILES string of the molecule is CCCn1nc(C(=O)Nc2ccc(Oc3ccc(OCC)cc3)cc2)ccc1=O. The molecule has 3 aromatic rings. The zero-order chi connectivity index (χ0) is 20.6. The molecule has 1 N–H and O–H groups in total. The van der Waals surface area contributed by atoms with Gasteiger partial charge in [0.15, 0.2) is 0 Å². The van der Waals surface area contributed by atoms with Crippen molar-refractivity contribution in [3.63, 3.8) is 0 Å². The van der Waals surface area contributed by atoms with Gasteiger partial charge in [-0.25, -0.2) is 4.68 Å². The van der Waals surface area contributed by atoms with E-state index in [1.54, 1.807) is 24.3 Å². The van der Waals surface area contributed by atoms with Crippen LogP contribution >= 0.6 is 0 Å². The minimum Gasteiger partial charge on any atom is -0.494 e. The monoisotopic (exact) mass is 393 g/mol. The molecule has 0 saturated carbocycles. The molecule has 0 aliphatic carbocycles. The Kier molecular flexibility index (Phi) is 6.63. The van der Waals surface area contributed by atoms with Crippen molar-refractivity contribution in [3.8, 4) is 17.2 Å². The van der Waals surface area contributed by atoms with Crippen molar-refractivity contribution in [2.75, 3.05) is 11.9 Å². The van der Waals surface area contributed by atoms with E-state index < -0.39 is 0 Å². The number of nitrogens with one attached hydrogen (secondary N) is 1. The second-order valence-corrected chi connectivity index (χ2v) is 6.26. The van der Waals surface area contributed by atoms with Crippen molar-refractivity contribution in [1.82, 2.24) is 9.78 Å². The van der Waals surface area contributed by atoms with Gasteiger partial charge in [-0.1, -0.05) is 6.92 Å². The number of carbonyl (C=O) groups is 1. The summed E-state index contributed by atoms with van der Waals surface area (Å²) in [6.07, 6.45) is 0.758. The quantitative estimate of drug-likeness (QED) is 0.623. The summed E-state index contributed by atoms with van der Waals surface area (Å²) in [5.41, 5.74) is 0.566. The highest BCUT2D eigenvalue weighted by molar-refractivity contribution is 6.02. The highest BCUT2D eigenvalue weighted by Gasteiger charge is 2.10. The fourth-order valence-corrected chi connectivity index (χ4v) is 2.65. The van der Waals surface area contributed by atoms with Crippen molar-refractivity contribution in [3.05, 3.63) is 76.7 Å². The molecule has 0 aliphatic rings. The lowest BCUT2D eigenvalue weighted by atomic mass is 10.2. The molecule has 7 nitrogen and oxygen atoms in total. The number of rotatable bonds is 8. The molecule has 0 spiro atoms. The Labute approximate surface area is 168 Å². The normalized spacial score (nSPS) is 10.4. The number of aryl methyl sites for hydroxylation is 1. The summed E-state index contributed by atoms with van der Waals surface area (Å²) in [4.78, 5) is 24.1. The zero-order valence-electron chi connectivity index (χ0n) is 16.4. The van der Waals surface area contributed by atoms with Gasteiger partial charge in [0.2, 0.25) is 0 Å². The third kappa shape index (κ3) is 5.44. The lowest BCUT2D eigenvalue weighted by molar-refractivity contribution is 0.101. The average molecular weight is 393 g/mol. The number of hydrogen-bond donors (Lipinski definition) is 1. The van der Waals surface area contributed by atoms with Gasteiger partial charge in [-0.15, -0.1) is 0 Å². The van der Waals surface area contributed by atoms with Crippen LogP contribution in [0.2, 0.25) is 0 Å². The van der Waals surface area contributed by atoms with Crippen LogP contribution in [0.5, 0.6) is 17.2 Å². The molecule has 1 aromatic heterocycles. The fourth-order valence-electron chi connectivity index (χ4n) is 2.65. The first-order valence-corrected chi connectivity index (χ1v) is 9.49. The Morgan fingerprint density at radius 3 is 2.17 bits per heavy atom. The van der Waals surface area contributed by atoms with E-state index in [1.807, 2.05) is 38.1 Å². The van der Waals surface area contributed by atoms with E-state index in [0.29, 0.717) is 30.3 Å². The number of aromatic nitrogens is 2. The molecule has 0 unspecified atom stereocenters. The van der Waals surface area contributed by atoms with E-state index in [-0.39, 0.29) is 17.2 Å². The number of anilines is 1. The van der Waals surface area contributed by atoms with Gasteiger partial charge in [0, 0.05) is 18.3 Å². The van der Waals surface area contributed by atoms with Gasteiger partial charge in [0.1, 0.15) is 22.9 Å². The predicted octanol–water partition coefficient (Wildman–Crippen LogP) is 4.10. The number of nitrogens with zero attached hydrogens (tertiary/aromatic N) is 2. The van der Waals surface area contributed by atoms with Crippen LogP contribution in [0.3, 0.4) is 0 Å². The minimum absolute atomic E-state index is 0.188. The molecule has 2 aromatic carbocycles. The third-order valence-electron chi connectivity index (χ3n) is 4.02. The van der Waals surface area contributed by atoms with Crippen molar-refractivity contribution in [1.29, 1.82) is 0 Å². The van der Waals surface area contributed by atoms with Crippen LogP contribution < -0.4 is 20.3 Å². The summed E-state index contributed by atoms with van der Waals surface area (Å²) in [5, 5.41) is 6.88. The number of ether oxygens (including phenoxy) is 2. The molecule has 0 bridgehead atoms. The van der Waals surface area contributed by atoms with Gasteiger partial charge < -0.3 is 14.8 Å². The molecule has 3 rings (SSSR count). The minimum atomic E-state index is -0.380. The standard InChI is InChI=1S/C22H23N3O4/c1-3-15-25-21(26)14-13-20(24-25)22(27)23-16-5-7-18(8-6-16)29-19-11-9-17(10-12-19)28-4-2/h5-14H,3-4,15H2,1-2H3,(H,23,27). The van der Waals surface area contributed by atoms with E-state index in [4.69, 9.17) is 9.47 Å². The smallest absolute Gasteiger partial charge is 0.276 e. The Balaban J connectivity index is 1.63. The molecule has 1 amide bonds. The summed E-state index contributed by atoms with van der Waals surface area (Å²) in [5.74, 6) is 1.74. The van der Waals surface area contributed by atoms with Crippen LogP contribution in [0.4, 0.5) is 5.69 Å². The molecule has 29 heavy (non-hydrogen) atoms. The van der Waals surface area contributed by atoms with Crippen molar-refractivity contribution >= 4 is 11.6 Å². The van der Waals surface area contributed by atoms with Gasteiger partial charge >= 0.3 is 0 Å². The zero-order valence-corrected chi connectivity index (χ0v) is 16.4. The predicted molar refractivity (Wildman–Crippen MR) is 111 cm³/mol. The van der Waals surface area contributed by atoms with Crippen molar-refractivity contribution < 1.29 is 14.3 Å². The Hall–Kier alpha value is -3.61. The highest BCUT2D eigenvalue weighted by Crippen LogP contribution is 2.25. The van der Waals surface area contributed by atoms with Gasteiger partial charge in [-0.05, 0) is 67.9 Å². The molecule has 0 aliphatic heterocycles. The molecule has 0 saturated heterocycles. The molecule has 7 heteroatoms. The topological polar surface area (TPSA) is 82.5 Å². The summed E-state index contributed by atoms with van der Waals surface area (Å²) in [7, 11) is 0. The van der Waals surface area contributed by atoms with Crippen LogP contribution in [-0.2, 0) is 6.54 Å². The van der Waals surface area contributed by atoms with Crippen LogP contribution in [0.25, 0.3) is 0 Å². The van der Waals surface area contributed by atoms with Gasteiger partial charge in [0.05, 0.1) is 6.61 Å². The fraction of sp³-hybridized carbons (Fsp3) is 0.227. The number of amides is 1. The van der Waals surface area contributed by atoms with E-state index in [2.05, 4.69) is 10.4 Å². The largest absolute Gasteiger partial charge is 0.494 e. The first-order valence-electron chi connectivity index (χ1n) is 9.49. The molecular weight excluding hydrogens is 370 g/mol. The summed E-state index contributed by atoms with van der Waals surface area (Å²) < 4.78 is 12.5. The maximum atomic E-state index is 12.4. The molecule has 0 radical (unpaired) electrons. The molecule has 1 heterocycles. The Morgan fingerprint density at radius 1 is 0.931 bits per heavy atom. The second-order valence-electron chi connectivity index (χ2n) is 6.26.